The van der Waals surface area contributed by atoms with Crippen molar-refractivity contribution >= 4 is 23.0 Å². The SMILES string of the molecule is CCN(c1cccc(C)c1)c1ncnc(NC2CCCCCC2)c1[N+](=O)[O-]. The van der Waals surface area contributed by atoms with Gasteiger partial charge in [-0.1, -0.05) is 37.8 Å². The Morgan fingerprint density at radius 2 is 1.96 bits per heavy atom. The summed E-state index contributed by atoms with van der Waals surface area (Å²) in [4.78, 5) is 21.9. The van der Waals surface area contributed by atoms with Crippen molar-refractivity contribution in [2.24, 2.45) is 0 Å². The van der Waals surface area contributed by atoms with Gasteiger partial charge in [0.15, 0.2) is 0 Å². The Hall–Kier alpha value is -2.70. The van der Waals surface area contributed by atoms with E-state index in [2.05, 4.69) is 15.3 Å². The third-order valence-electron chi connectivity index (χ3n) is 5.07. The van der Waals surface area contributed by atoms with Crippen LogP contribution >= 0.6 is 0 Å². The smallest absolute Gasteiger partial charge is 0.353 e. The molecule has 0 aliphatic heterocycles. The maximum Gasteiger partial charge on any atom is 0.353 e. The van der Waals surface area contributed by atoms with Gasteiger partial charge >= 0.3 is 5.69 Å². The average molecular weight is 369 g/mol. The minimum absolute atomic E-state index is 0.0508. The van der Waals surface area contributed by atoms with Crippen molar-refractivity contribution in [3.63, 3.8) is 0 Å². The van der Waals surface area contributed by atoms with Gasteiger partial charge in [0.05, 0.1) is 4.92 Å². The van der Waals surface area contributed by atoms with E-state index in [0.717, 1.165) is 36.9 Å². The van der Waals surface area contributed by atoms with Gasteiger partial charge in [-0.2, -0.15) is 0 Å². The van der Waals surface area contributed by atoms with E-state index in [1.807, 2.05) is 43.0 Å². The highest BCUT2D eigenvalue weighted by atomic mass is 16.6. The predicted molar refractivity (Wildman–Crippen MR) is 108 cm³/mol. The van der Waals surface area contributed by atoms with E-state index in [1.54, 1.807) is 0 Å². The molecule has 1 heterocycles. The van der Waals surface area contributed by atoms with Crippen LogP contribution in [0.15, 0.2) is 30.6 Å². The van der Waals surface area contributed by atoms with Crippen LogP contribution in [-0.4, -0.2) is 27.5 Å². The number of nitro groups is 1. The van der Waals surface area contributed by atoms with Gasteiger partial charge in [0, 0.05) is 18.3 Å². The molecule has 0 bridgehead atoms. The molecule has 1 aromatic carbocycles. The van der Waals surface area contributed by atoms with Crippen LogP contribution in [0.4, 0.5) is 23.0 Å². The number of aromatic nitrogens is 2. The molecule has 3 rings (SSSR count). The second-order valence-electron chi connectivity index (χ2n) is 7.07. The molecule has 0 atom stereocenters. The lowest BCUT2D eigenvalue weighted by molar-refractivity contribution is -0.383. The molecular weight excluding hydrogens is 342 g/mol. The van der Waals surface area contributed by atoms with E-state index >= 15 is 0 Å². The van der Waals surface area contributed by atoms with Gasteiger partial charge in [-0.15, -0.1) is 0 Å². The molecule has 1 aliphatic rings. The van der Waals surface area contributed by atoms with E-state index in [-0.39, 0.29) is 16.7 Å². The molecule has 1 aromatic heterocycles. The lowest BCUT2D eigenvalue weighted by atomic mass is 10.1. The standard InChI is InChI=1S/C20H27N5O2/c1-3-24(17-12-8-9-15(2)13-17)20-18(25(26)27)19(21-14-22-20)23-16-10-6-4-5-7-11-16/h8-9,12-14,16H,3-7,10-11H2,1-2H3,(H,21,22,23). The van der Waals surface area contributed by atoms with Crippen LogP contribution < -0.4 is 10.2 Å². The van der Waals surface area contributed by atoms with Crippen LogP contribution in [0.1, 0.15) is 51.0 Å². The van der Waals surface area contributed by atoms with Crippen LogP contribution in [0.3, 0.4) is 0 Å². The van der Waals surface area contributed by atoms with E-state index in [4.69, 9.17) is 0 Å². The number of nitrogens with one attached hydrogen (secondary N) is 1. The Balaban J connectivity index is 1.98. The van der Waals surface area contributed by atoms with Gasteiger partial charge < -0.3 is 10.2 Å². The molecule has 7 nitrogen and oxygen atoms in total. The number of benzene rings is 1. The molecule has 1 N–H and O–H groups in total. The van der Waals surface area contributed by atoms with Gasteiger partial charge in [0.1, 0.15) is 6.33 Å². The molecule has 1 aliphatic carbocycles. The maximum atomic E-state index is 11.9. The van der Waals surface area contributed by atoms with Gasteiger partial charge in [-0.25, -0.2) is 9.97 Å². The second-order valence-corrected chi connectivity index (χ2v) is 7.07. The van der Waals surface area contributed by atoms with Gasteiger partial charge in [0.2, 0.25) is 11.6 Å². The van der Waals surface area contributed by atoms with E-state index < -0.39 is 0 Å². The zero-order chi connectivity index (χ0) is 19.2. The molecule has 7 heteroatoms. The normalized spacial score (nSPS) is 15.2. The summed E-state index contributed by atoms with van der Waals surface area (Å²) in [6.45, 7) is 4.54. The molecular formula is C20H27N5O2. The molecule has 0 amide bonds. The predicted octanol–water partition coefficient (Wildman–Crippen LogP) is 4.99. The fourth-order valence-corrected chi connectivity index (χ4v) is 3.71. The first-order chi connectivity index (χ1) is 13.1. The van der Waals surface area contributed by atoms with Crippen molar-refractivity contribution in [1.29, 1.82) is 0 Å². The Labute approximate surface area is 160 Å². The zero-order valence-electron chi connectivity index (χ0n) is 16.0. The second kappa shape index (κ2) is 8.79. The van der Waals surface area contributed by atoms with Gasteiger partial charge in [-0.05, 0) is 44.4 Å². The summed E-state index contributed by atoms with van der Waals surface area (Å²) in [6, 6.07) is 8.13. The lowest BCUT2D eigenvalue weighted by Gasteiger charge is -2.23. The molecule has 144 valence electrons. The third-order valence-corrected chi connectivity index (χ3v) is 5.07. The van der Waals surface area contributed by atoms with Crippen LogP contribution in [0.5, 0.6) is 0 Å². The van der Waals surface area contributed by atoms with Crippen molar-refractivity contribution in [3.05, 3.63) is 46.3 Å². The minimum atomic E-state index is -0.368. The topological polar surface area (TPSA) is 84.2 Å². The van der Waals surface area contributed by atoms with Crippen LogP contribution in [0, 0.1) is 17.0 Å². The third kappa shape index (κ3) is 4.53. The lowest BCUT2D eigenvalue weighted by Crippen LogP contribution is -2.23. The highest BCUT2D eigenvalue weighted by Crippen LogP contribution is 2.36. The number of anilines is 3. The van der Waals surface area contributed by atoms with E-state index in [0.29, 0.717) is 18.2 Å². The maximum absolute atomic E-state index is 11.9. The molecule has 0 radical (unpaired) electrons. The molecule has 27 heavy (non-hydrogen) atoms. The first-order valence-corrected chi connectivity index (χ1v) is 9.70. The number of aryl methyl sites for hydroxylation is 1. The first kappa shape index (κ1) is 19.1. The largest absolute Gasteiger partial charge is 0.361 e. The van der Waals surface area contributed by atoms with Crippen LogP contribution in [0.25, 0.3) is 0 Å². The fraction of sp³-hybridized carbons (Fsp3) is 0.500. The van der Waals surface area contributed by atoms with Crippen molar-refractivity contribution in [2.75, 3.05) is 16.8 Å². The number of nitrogens with zero attached hydrogens (tertiary/aromatic N) is 4. The summed E-state index contributed by atoms with van der Waals surface area (Å²) in [6.07, 6.45) is 8.21. The minimum Gasteiger partial charge on any atom is -0.361 e. The van der Waals surface area contributed by atoms with E-state index in [1.165, 1.54) is 19.2 Å². The highest BCUT2D eigenvalue weighted by Gasteiger charge is 2.28. The average Bonchev–Trinajstić information content (AvgIpc) is 2.91. The summed E-state index contributed by atoms with van der Waals surface area (Å²) in [5.74, 6) is 0.655. The summed E-state index contributed by atoms with van der Waals surface area (Å²) in [5, 5.41) is 15.3. The number of rotatable bonds is 6. The Kier molecular flexibility index (Phi) is 6.21. The summed E-state index contributed by atoms with van der Waals surface area (Å²) in [7, 11) is 0. The van der Waals surface area contributed by atoms with Crippen LogP contribution in [-0.2, 0) is 0 Å². The Morgan fingerprint density at radius 3 is 2.59 bits per heavy atom. The summed E-state index contributed by atoms with van der Waals surface area (Å²) in [5.41, 5.74) is 1.93. The Bertz CT molecular complexity index is 788. The molecule has 0 spiro atoms. The summed E-state index contributed by atoms with van der Waals surface area (Å²) < 4.78 is 0. The molecule has 0 saturated heterocycles. The molecule has 2 aromatic rings. The molecule has 0 unspecified atom stereocenters. The van der Waals surface area contributed by atoms with Crippen molar-refractivity contribution in [1.82, 2.24) is 9.97 Å². The van der Waals surface area contributed by atoms with E-state index in [9.17, 15) is 10.1 Å². The Morgan fingerprint density at radius 1 is 1.22 bits per heavy atom. The summed E-state index contributed by atoms with van der Waals surface area (Å²) >= 11 is 0. The first-order valence-electron chi connectivity index (χ1n) is 9.70. The quantitative estimate of drug-likeness (QED) is 0.439. The van der Waals surface area contributed by atoms with Crippen molar-refractivity contribution < 1.29 is 4.92 Å². The van der Waals surface area contributed by atoms with Crippen LogP contribution in [0.2, 0.25) is 0 Å². The zero-order valence-corrected chi connectivity index (χ0v) is 16.0. The molecule has 1 fully saturated rings. The molecule has 1 saturated carbocycles. The number of hydrogen-bond donors (Lipinski definition) is 1. The monoisotopic (exact) mass is 369 g/mol. The number of hydrogen-bond acceptors (Lipinski definition) is 6. The van der Waals surface area contributed by atoms with Gasteiger partial charge in [0.25, 0.3) is 0 Å². The van der Waals surface area contributed by atoms with Crippen molar-refractivity contribution in [3.8, 4) is 0 Å². The highest BCUT2D eigenvalue weighted by molar-refractivity contribution is 5.75. The fourth-order valence-electron chi connectivity index (χ4n) is 3.71. The van der Waals surface area contributed by atoms with Crippen molar-refractivity contribution in [2.45, 2.75) is 58.4 Å². The van der Waals surface area contributed by atoms with Gasteiger partial charge in [-0.3, -0.25) is 10.1 Å².